The van der Waals surface area contributed by atoms with Crippen LogP contribution in [-0.2, 0) is 14.3 Å². The maximum absolute atomic E-state index is 11.6. The zero-order chi connectivity index (χ0) is 13.0. The molecule has 0 aromatic heterocycles. The average molecular weight is 241 g/mol. The Morgan fingerprint density at radius 3 is 2.53 bits per heavy atom. The maximum atomic E-state index is 11.6. The lowest BCUT2D eigenvalue weighted by Crippen LogP contribution is -2.49. The van der Waals surface area contributed by atoms with Crippen molar-refractivity contribution in [3.05, 3.63) is 12.7 Å². The molecule has 3 N–H and O–H groups in total. The molecule has 7 nitrogen and oxygen atoms in total. The Bertz CT molecular complexity index is 351. The zero-order valence-corrected chi connectivity index (χ0v) is 9.51. The molecule has 1 fully saturated rings. The van der Waals surface area contributed by atoms with E-state index in [-0.39, 0.29) is 11.8 Å². The molecule has 1 rings (SSSR count). The first-order valence-corrected chi connectivity index (χ1v) is 5.15. The van der Waals surface area contributed by atoms with Crippen molar-refractivity contribution >= 4 is 17.8 Å². The predicted octanol–water partition coefficient (Wildman–Crippen LogP) is -0.464. The minimum absolute atomic E-state index is 0.152. The minimum Gasteiger partial charge on any atom is -0.421 e. The van der Waals surface area contributed by atoms with Gasteiger partial charge in [-0.25, -0.2) is 10.2 Å². The number of carbonyl (C=O) groups is 3. The van der Waals surface area contributed by atoms with Gasteiger partial charge >= 0.3 is 6.09 Å². The second-order valence-electron chi connectivity index (χ2n) is 3.58. The predicted molar refractivity (Wildman–Crippen MR) is 58.3 cm³/mol. The van der Waals surface area contributed by atoms with E-state index in [2.05, 4.69) is 16.7 Å². The van der Waals surface area contributed by atoms with E-state index >= 15 is 0 Å². The van der Waals surface area contributed by atoms with Crippen molar-refractivity contribution in [2.45, 2.75) is 19.1 Å². The van der Waals surface area contributed by atoms with Gasteiger partial charge in [-0.2, -0.15) is 5.01 Å². The first-order chi connectivity index (χ1) is 8.01. The van der Waals surface area contributed by atoms with Crippen LogP contribution in [0.15, 0.2) is 12.7 Å². The Hall–Kier alpha value is -1.73. The highest BCUT2D eigenvalue weighted by atomic mass is 16.6. The summed E-state index contributed by atoms with van der Waals surface area (Å²) in [6, 6.07) is 0. The third-order valence-corrected chi connectivity index (χ3v) is 2.26. The second-order valence-corrected chi connectivity index (χ2v) is 3.58. The third-order valence-electron chi connectivity index (χ3n) is 2.26. The lowest BCUT2D eigenvalue weighted by atomic mass is 10.3. The third kappa shape index (κ3) is 3.36. The van der Waals surface area contributed by atoms with E-state index in [1.807, 2.05) is 0 Å². The molecule has 1 saturated carbocycles. The van der Waals surface area contributed by atoms with E-state index in [0.717, 1.165) is 18.9 Å². The summed E-state index contributed by atoms with van der Waals surface area (Å²) in [6.45, 7) is 3.21. The molecular weight excluding hydrogens is 226 g/mol. The number of amides is 2. The summed E-state index contributed by atoms with van der Waals surface area (Å²) in [4.78, 5) is 34.2. The SMILES string of the molecule is C=CC(=O)C(N)OC(=O)N(NC)C(=O)C1CC1. The molecule has 17 heavy (non-hydrogen) atoms. The van der Waals surface area contributed by atoms with Crippen molar-refractivity contribution < 1.29 is 19.1 Å². The Morgan fingerprint density at radius 2 is 2.12 bits per heavy atom. The van der Waals surface area contributed by atoms with Crippen LogP contribution in [0.2, 0.25) is 0 Å². The van der Waals surface area contributed by atoms with Gasteiger partial charge in [-0.05, 0) is 18.9 Å². The zero-order valence-electron chi connectivity index (χ0n) is 9.51. The molecule has 2 amide bonds. The number of hydrogen-bond acceptors (Lipinski definition) is 6. The normalized spacial score (nSPS) is 15.9. The van der Waals surface area contributed by atoms with Gasteiger partial charge in [-0.3, -0.25) is 15.3 Å². The number of imide groups is 1. The topological polar surface area (TPSA) is 102 Å². The number of rotatable bonds is 5. The Labute approximate surface area is 98.5 Å². The van der Waals surface area contributed by atoms with E-state index in [9.17, 15) is 14.4 Å². The second kappa shape index (κ2) is 5.55. The molecule has 0 aliphatic heterocycles. The van der Waals surface area contributed by atoms with Crippen molar-refractivity contribution in [1.82, 2.24) is 10.4 Å². The van der Waals surface area contributed by atoms with Gasteiger partial charge in [-0.15, -0.1) is 0 Å². The number of ether oxygens (including phenoxy) is 1. The van der Waals surface area contributed by atoms with E-state index in [0.29, 0.717) is 5.01 Å². The summed E-state index contributed by atoms with van der Waals surface area (Å²) >= 11 is 0. The number of carbonyl (C=O) groups excluding carboxylic acids is 3. The largest absolute Gasteiger partial charge is 0.433 e. The van der Waals surface area contributed by atoms with Gasteiger partial charge in [0.1, 0.15) is 0 Å². The van der Waals surface area contributed by atoms with Crippen LogP contribution >= 0.6 is 0 Å². The molecule has 1 unspecified atom stereocenters. The van der Waals surface area contributed by atoms with E-state index in [1.165, 1.54) is 7.05 Å². The highest BCUT2D eigenvalue weighted by Gasteiger charge is 2.37. The highest BCUT2D eigenvalue weighted by Crippen LogP contribution is 2.30. The van der Waals surface area contributed by atoms with Gasteiger partial charge in [-0.1, -0.05) is 6.58 Å². The lowest BCUT2D eigenvalue weighted by Gasteiger charge is -2.20. The van der Waals surface area contributed by atoms with Crippen LogP contribution in [0.4, 0.5) is 4.79 Å². The van der Waals surface area contributed by atoms with Gasteiger partial charge in [0.15, 0.2) is 0 Å². The minimum atomic E-state index is -1.44. The first-order valence-electron chi connectivity index (χ1n) is 5.15. The molecule has 1 aliphatic carbocycles. The van der Waals surface area contributed by atoms with E-state index in [4.69, 9.17) is 5.73 Å². The van der Waals surface area contributed by atoms with Gasteiger partial charge in [0.2, 0.25) is 17.9 Å². The lowest BCUT2D eigenvalue weighted by molar-refractivity contribution is -0.135. The molecule has 0 bridgehead atoms. The van der Waals surface area contributed by atoms with Gasteiger partial charge in [0.25, 0.3) is 0 Å². The van der Waals surface area contributed by atoms with Gasteiger partial charge < -0.3 is 4.74 Å². The summed E-state index contributed by atoms with van der Waals surface area (Å²) in [5, 5.41) is 0.716. The molecule has 0 aromatic rings. The summed E-state index contributed by atoms with van der Waals surface area (Å²) in [7, 11) is 1.41. The summed E-state index contributed by atoms with van der Waals surface area (Å²) in [6.07, 6.45) is 0.0174. The maximum Gasteiger partial charge on any atom is 0.433 e. The van der Waals surface area contributed by atoms with Crippen molar-refractivity contribution in [2.75, 3.05) is 7.05 Å². The fraction of sp³-hybridized carbons (Fsp3) is 0.500. The highest BCUT2D eigenvalue weighted by molar-refractivity contribution is 5.97. The Morgan fingerprint density at radius 1 is 1.53 bits per heavy atom. The van der Waals surface area contributed by atoms with Crippen molar-refractivity contribution in [2.24, 2.45) is 11.7 Å². The standard InChI is InChI=1S/C10H15N3O4/c1-3-7(14)8(11)17-10(16)13(12-2)9(15)6-4-5-6/h3,6,8,12H,1,4-5,11H2,2H3. The van der Waals surface area contributed by atoms with Crippen molar-refractivity contribution in [3.63, 3.8) is 0 Å². The fourth-order valence-electron chi connectivity index (χ4n) is 1.14. The van der Waals surface area contributed by atoms with Crippen LogP contribution in [0.3, 0.4) is 0 Å². The molecule has 1 aliphatic rings. The van der Waals surface area contributed by atoms with Crippen molar-refractivity contribution in [1.29, 1.82) is 0 Å². The quantitative estimate of drug-likeness (QED) is 0.383. The van der Waals surface area contributed by atoms with Crippen LogP contribution in [0.25, 0.3) is 0 Å². The molecule has 0 radical (unpaired) electrons. The monoisotopic (exact) mass is 241 g/mol. The molecular formula is C10H15N3O4. The number of nitrogens with two attached hydrogens (primary N) is 1. The van der Waals surface area contributed by atoms with Gasteiger partial charge in [0.05, 0.1) is 0 Å². The van der Waals surface area contributed by atoms with Crippen LogP contribution in [0.5, 0.6) is 0 Å². The number of hydrazine groups is 1. The molecule has 94 valence electrons. The summed E-state index contributed by atoms with van der Waals surface area (Å²) < 4.78 is 4.62. The summed E-state index contributed by atoms with van der Waals surface area (Å²) in [5.74, 6) is -1.16. The first kappa shape index (κ1) is 13.3. The van der Waals surface area contributed by atoms with Gasteiger partial charge in [0, 0.05) is 13.0 Å². The molecule has 0 spiro atoms. The number of nitrogens with one attached hydrogen (secondary N) is 1. The van der Waals surface area contributed by atoms with Crippen LogP contribution in [0, 0.1) is 5.92 Å². The number of nitrogens with zero attached hydrogens (tertiary/aromatic N) is 1. The fourth-order valence-corrected chi connectivity index (χ4v) is 1.14. The molecule has 0 aromatic carbocycles. The average Bonchev–Trinajstić information content (AvgIpc) is 3.12. The Balaban J connectivity index is 2.57. The van der Waals surface area contributed by atoms with E-state index in [1.54, 1.807) is 0 Å². The summed E-state index contributed by atoms with van der Waals surface area (Å²) in [5.41, 5.74) is 7.69. The molecule has 7 heteroatoms. The smallest absolute Gasteiger partial charge is 0.421 e. The van der Waals surface area contributed by atoms with E-state index < -0.39 is 18.1 Å². The van der Waals surface area contributed by atoms with Crippen LogP contribution in [0.1, 0.15) is 12.8 Å². The molecule has 0 heterocycles. The van der Waals surface area contributed by atoms with Crippen LogP contribution in [-0.4, -0.2) is 36.1 Å². The number of hydrogen-bond donors (Lipinski definition) is 2. The van der Waals surface area contributed by atoms with Crippen molar-refractivity contribution in [3.8, 4) is 0 Å². The molecule has 0 saturated heterocycles. The molecule has 1 atom stereocenters. The number of ketones is 1. The van der Waals surface area contributed by atoms with Crippen LogP contribution < -0.4 is 11.2 Å². The Kier molecular flexibility index (Phi) is 4.36.